The lowest BCUT2D eigenvalue weighted by molar-refractivity contribution is -0.136. The molecule has 66 valence electrons. The molecule has 0 N–H and O–H groups in total. The fourth-order valence-electron chi connectivity index (χ4n) is 1.42. The van der Waals surface area contributed by atoms with Gasteiger partial charge in [-0.1, -0.05) is 0 Å². The highest BCUT2D eigenvalue weighted by atomic mass is 16.5. The van der Waals surface area contributed by atoms with Gasteiger partial charge in [0, 0.05) is 11.1 Å². The zero-order chi connectivity index (χ0) is 8.97. The Balaban J connectivity index is 2.86. The first-order valence-electron chi connectivity index (χ1n) is 4.05. The van der Waals surface area contributed by atoms with Crippen LogP contribution in [0.4, 0.5) is 0 Å². The quantitative estimate of drug-likeness (QED) is 0.460. The molecule has 1 rings (SSSR count). The maximum absolute atomic E-state index is 11.1. The summed E-state index contributed by atoms with van der Waals surface area (Å²) in [6.07, 6.45) is 4.14. The third-order valence-corrected chi connectivity index (χ3v) is 2.08. The molecule has 0 spiro atoms. The summed E-state index contributed by atoms with van der Waals surface area (Å²) in [6, 6.07) is 0. The van der Waals surface area contributed by atoms with Crippen LogP contribution >= 0.6 is 0 Å². The summed E-state index contributed by atoms with van der Waals surface area (Å²) < 4.78 is 4.57. The number of ether oxygens (including phenoxy) is 1. The van der Waals surface area contributed by atoms with Gasteiger partial charge >= 0.3 is 5.97 Å². The highest BCUT2D eigenvalue weighted by molar-refractivity contribution is 5.95. The highest BCUT2D eigenvalue weighted by Gasteiger charge is 2.18. The Morgan fingerprint density at radius 2 is 2.08 bits per heavy atom. The lowest BCUT2D eigenvalue weighted by Gasteiger charge is -2.13. The van der Waals surface area contributed by atoms with Gasteiger partial charge in [-0.2, -0.15) is 0 Å². The normalized spacial score (nSPS) is 17.4. The first-order chi connectivity index (χ1) is 5.79. The van der Waals surface area contributed by atoms with E-state index in [1.54, 1.807) is 0 Å². The van der Waals surface area contributed by atoms with Crippen molar-refractivity contribution in [3.05, 3.63) is 11.1 Å². The molecule has 1 aliphatic rings. The Hall–Kier alpha value is -1.12. The van der Waals surface area contributed by atoms with Gasteiger partial charge in [-0.15, -0.1) is 0 Å². The molecule has 3 heteroatoms. The molecule has 1 aliphatic carbocycles. The van der Waals surface area contributed by atoms with Crippen LogP contribution in [0.5, 0.6) is 0 Å². The van der Waals surface area contributed by atoms with Crippen LogP contribution in [0.15, 0.2) is 11.1 Å². The smallest absolute Gasteiger partial charge is 0.334 e. The number of methoxy groups -OCH3 is 1. The van der Waals surface area contributed by atoms with E-state index in [0.717, 1.165) is 19.1 Å². The van der Waals surface area contributed by atoms with Gasteiger partial charge in [-0.25, -0.2) is 4.79 Å². The number of aldehydes is 1. The zero-order valence-electron chi connectivity index (χ0n) is 7.13. The van der Waals surface area contributed by atoms with Crippen LogP contribution in [0.3, 0.4) is 0 Å². The van der Waals surface area contributed by atoms with Gasteiger partial charge in [0.2, 0.25) is 0 Å². The number of allylic oxidation sites excluding steroid dienone is 1. The van der Waals surface area contributed by atoms with Crippen molar-refractivity contribution in [3.8, 4) is 0 Å². The summed E-state index contributed by atoms with van der Waals surface area (Å²) in [5, 5.41) is 0. The number of rotatable bonds is 2. The van der Waals surface area contributed by atoms with E-state index in [9.17, 15) is 9.59 Å². The van der Waals surface area contributed by atoms with Gasteiger partial charge in [0.05, 0.1) is 7.11 Å². The molecular formula is C9H12O3. The van der Waals surface area contributed by atoms with Crippen LogP contribution in [0.25, 0.3) is 0 Å². The maximum Gasteiger partial charge on any atom is 0.334 e. The summed E-state index contributed by atoms with van der Waals surface area (Å²) in [5.41, 5.74) is 1.19. The molecule has 0 saturated carbocycles. The Bertz CT molecular complexity index is 228. The third kappa shape index (κ3) is 1.72. The number of hydrogen-bond donors (Lipinski definition) is 0. The van der Waals surface area contributed by atoms with Crippen molar-refractivity contribution >= 4 is 12.3 Å². The lowest BCUT2D eigenvalue weighted by Crippen LogP contribution is -2.12. The SMILES string of the molecule is COC(=O)C1=C(C=O)CCCC1. The second-order valence-corrected chi connectivity index (χ2v) is 2.82. The first-order valence-corrected chi connectivity index (χ1v) is 4.05. The molecule has 0 fully saturated rings. The van der Waals surface area contributed by atoms with Crippen LogP contribution in [0, 0.1) is 0 Å². The molecule has 0 heterocycles. The summed E-state index contributed by atoms with van der Waals surface area (Å²) in [5.74, 6) is -0.350. The van der Waals surface area contributed by atoms with E-state index < -0.39 is 0 Å². The average molecular weight is 168 g/mol. The van der Waals surface area contributed by atoms with Gasteiger partial charge < -0.3 is 4.74 Å². The molecule has 0 unspecified atom stereocenters. The van der Waals surface area contributed by atoms with E-state index in [-0.39, 0.29) is 5.97 Å². The van der Waals surface area contributed by atoms with Crippen LogP contribution < -0.4 is 0 Å². The van der Waals surface area contributed by atoms with Gasteiger partial charge in [0.15, 0.2) is 0 Å². The Kier molecular flexibility index (Phi) is 3.02. The molecule has 0 saturated heterocycles. The van der Waals surface area contributed by atoms with E-state index in [0.29, 0.717) is 24.0 Å². The van der Waals surface area contributed by atoms with Crippen molar-refractivity contribution in [1.29, 1.82) is 0 Å². The molecule has 3 nitrogen and oxygen atoms in total. The van der Waals surface area contributed by atoms with E-state index in [1.807, 2.05) is 0 Å². The lowest BCUT2D eigenvalue weighted by atomic mass is 9.93. The largest absolute Gasteiger partial charge is 0.466 e. The van der Waals surface area contributed by atoms with E-state index in [2.05, 4.69) is 4.74 Å². The minimum absolute atomic E-state index is 0.350. The van der Waals surface area contributed by atoms with Crippen molar-refractivity contribution in [1.82, 2.24) is 0 Å². The third-order valence-electron chi connectivity index (χ3n) is 2.08. The number of carbonyl (C=O) groups excluding carboxylic acids is 2. The van der Waals surface area contributed by atoms with Crippen molar-refractivity contribution < 1.29 is 14.3 Å². The molecule has 0 aromatic carbocycles. The van der Waals surface area contributed by atoms with Gasteiger partial charge in [0.1, 0.15) is 6.29 Å². The molecule has 0 radical (unpaired) electrons. The van der Waals surface area contributed by atoms with Crippen LogP contribution in [0.2, 0.25) is 0 Å². The summed E-state index contributed by atoms with van der Waals surface area (Å²) in [6.45, 7) is 0. The van der Waals surface area contributed by atoms with Gasteiger partial charge in [-0.05, 0) is 25.7 Å². The van der Waals surface area contributed by atoms with E-state index in [4.69, 9.17) is 0 Å². The first kappa shape index (κ1) is 8.97. The van der Waals surface area contributed by atoms with Crippen LogP contribution in [0.1, 0.15) is 25.7 Å². The molecule has 0 aromatic heterocycles. The molecular weight excluding hydrogens is 156 g/mol. The Morgan fingerprint density at radius 1 is 1.42 bits per heavy atom. The second-order valence-electron chi connectivity index (χ2n) is 2.82. The number of hydrogen-bond acceptors (Lipinski definition) is 3. The van der Waals surface area contributed by atoms with E-state index >= 15 is 0 Å². The molecule has 0 amide bonds. The van der Waals surface area contributed by atoms with Crippen molar-refractivity contribution in [3.63, 3.8) is 0 Å². The topological polar surface area (TPSA) is 43.4 Å². The zero-order valence-corrected chi connectivity index (χ0v) is 7.13. The molecule has 0 aliphatic heterocycles. The maximum atomic E-state index is 11.1. The number of esters is 1. The monoisotopic (exact) mass is 168 g/mol. The fraction of sp³-hybridized carbons (Fsp3) is 0.556. The minimum Gasteiger partial charge on any atom is -0.466 e. The van der Waals surface area contributed by atoms with Gasteiger partial charge in [0.25, 0.3) is 0 Å². The van der Waals surface area contributed by atoms with E-state index in [1.165, 1.54) is 7.11 Å². The number of carbonyl (C=O) groups is 2. The predicted molar refractivity (Wildman–Crippen MR) is 43.6 cm³/mol. The Labute approximate surface area is 71.4 Å². The molecule has 0 atom stereocenters. The van der Waals surface area contributed by atoms with Gasteiger partial charge in [-0.3, -0.25) is 4.79 Å². The summed E-state index contributed by atoms with van der Waals surface area (Å²) in [7, 11) is 1.34. The Morgan fingerprint density at radius 3 is 2.67 bits per heavy atom. The standard InChI is InChI=1S/C9H12O3/c1-12-9(11)8-5-3-2-4-7(8)6-10/h6H,2-5H2,1H3. The summed E-state index contributed by atoms with van der Waals surface area (Å²) >= 11 is 0. The summed E-state index contributed by atoms with van der Waals surface area (Å²) in [4.78, 5) is 21.6. The second kappa shape index (κ2) is 4.04. The van der Waals surface area contributed by atoms with Crippen molar-refractivity contribution in [2.75, 3.05) is 7.11 Å². The minimum atomic E-state index is -0.350. The van der Waals surface area contributed by atoms with Crippen molar-refractivity contribution in [2.45, 2.75) is 25.7 Å². The molecule has 0 aromatic rings. The van der Waals surface area contributed by atoms with Crippen LogP contribution in [-0.4, -0.2) is 19.4 Å². The average Bonchev–Trinajstić information content (AvgIpc) is 2.16. The van der Waals surface area contributed by atoms with Crippen molar-refractivity contribution in [2.24, 2.45) is 0 Å². The fourth-order valence-corrected chi connectivity index (χ4v) is 1.42. The van der Waals surface area contributed by atoms with Crippen LogP contribution in [-0.2, 0) is 14.3 Å². The molecule has 0 bridgehead atoms. The highest BCUT2D eigenvalue weighted by Crippen LogP contribution is 2.23. The molecule has 12 heavy (non-hydrogen) atoms. The predicted octanol–water partition coefficient (Wildman–Crippen LogP) is 1.23.